The number of ketones is 1. The summed E-state index contributed by atoms with van der Waals surface area (Å²) in [5.74, 6) is 2.11. The highest BCUT2D eigenvalue weighted by Gasteiger charge is 2.61. The second kappa shape index (κ2) is 4.80. The molecule has 22 heavy (non-hydrogen) atoms. The molecule has 0 unspecified atom stereocenters. The van der Waals surface area contributed by atoms with Gasteiger partial charge in [0.05, 0.1) is 12.2 Å². The van der Waals surface area contributed by atoms with Crippen LogP contribution >= 0.6 is 0 Å². The van der Waals surface area contributed by atoms with E-state index in [1.54, 1.807) is 0 Å². The fraction of sp³-hybridized carbons (Fsp3) is 0.947. The second-order valence-electron chi connectivity index (χ2n) is 9.33. The number of rotatable bonds is 0. The van der Waals surface area contributed by atoms with Gasteiger partial charge in [0.2, 0.25) is 0 Å². The van der Waals surface area contributed by atoms with Crippen molar-refractivity contribution in [3.05, 3.63) is 0 Å². The molecule has 0 aromatic carbocycles. The molecule has 4 aliphatic carbocycles. The Kier molecular flexibility index (Phi) is 3.30. The largest absolute Gasteiger partial charge is 0.393 e. The number of carbonyl (C=O) groups excluding carboxylic acids is 1. The van der Waals surface area contributed by atoms with Gasteiger partial charge >= 0.3 is 0 Å². The minimum absolute atomic E-state index is 0.181. The van der Waals surface area contributed by atoms with Crippen LogP contribution < -0.4 is 0 Å². The molecule has 3 nitrogen and oxygen atoms in total. The molecule has 4 aliphatic rings. The lowest BCUT2D eigenvalue weighted by Crippen LogP contribution is -2.57. The van der Waals surface area contributed by atoms with Crippen LogP contribution in [0.15, 0.2) is 0 Å². The molecule has 0 aromatic heterocycles. The van der Waals surface area contributed by atoms with E-state index in [4.69, 9.17) is 0 Å². The number of hydrogen-bond acceptors (Lipinski definition) is 3. The normalized spacial score (nSPS) is 57.9. The molecule has 4 saturated carbocycles. The molecule has 4 fully saturated rings. The standard InChI is InChI=1S/C19H30O3/c1-18-5-4-14-17(15(18)9-13(21)10-18)16(22)8-11-7-12(20)3-6-19(11,14)2/h11,13-17,21-22H,3-10H2,1-2H3/t11-,13+,14+,15+,16-,17-,18-,19+/m1/s1. The van der Waals surface area contributed by atoms with Gasteiger partial charge in [-0.1, -0.05) is 13.8 Å². The summed E-state index contributed by atoms with van der Waals surface area (Å²) in [6, 6.07) is 0. The molecular weight excluding hydrogens is 276 g/mol. The van der Waals surface area contributed by atoms with E-state index in [-0.39, 0.29) is 23.0 Å². The second-order valence-corrected chi connectivity index (χ2v) is 9.33. The number of Topliss-reactive ketones (excluding diaryl/α,β-unsaturated/α-hetero) is 1. The van der Waals surface area contributed by atoms with Gasteiger partial charge in [-0.25, -0.2) is 0 Å². The summed E-state index contributed by atoms with van der Waals surface area (Å²) in [7, 11) is 0. The summed E-state index contributed by atoms with van der Waals surface area (Å²) in [6.07, 6.45) is 6.89. The first-order chi connectivity index (χ1) is 10.3. The van der Waals surface area contributed by atoms with Crippen LogP contribution in [0.3, 0.4) is 0 Å². The van der Waals surface area contributed by atoms with Crippen LogP contribution in [0.2, 0.25) is 0 Å². The molecule has 124 valence electrons. The van der Waals surface area contributed by atoms with Gasteiger partial charge in [-0.3, -0.25) is 4.79 Å². The van der Waals surface area contributed by atoms with Gasteiger partial charge in [0.1, 0.15) is 5.78 Å². The molecule has 0 aromatic rings. The summed E-state index contributed by atoms with van der Waals surface area (Å²) in [5.41, 5.74) is 0.446. The summed E-state index contributed by atoms with van der Waals surface area (Å²) >= 11 is 0. The zero-order chi connectivity index (χ0) is 15.7. The van der Waals surface area contributed by atoms with E-state index in [2.05, 4.69) is 13.8 Å². The summed E-state index contributed by atoms with van der Waals surface area (Å²) < 4.78 is 0. The van der Waals surface area contributed by atoms with E-state index in [9.17, 15) is 15.0 Å². The molecule has 0 radical (unpaired) electrons. The summed E-state index contributed by atoms with van der Waals surface area (Å²) in [6.45, 7) is 4.72. The molecule has 4 rings (SSSR count). The number of carbonyl (C=O) groups is 1. The monoisotopic (exact) mass is 306 g/mol. The van der Waals surface area contributed by atoms with Crippen LogP contribution in [0.1, 0.15) is 65.2 Å². The van der Waals surface area contributed by atoms with Gasteiger partial charge in [-0.15, -0.1) is 0 Å². The molecule has 0 amide bonds. The Morgan fingerprint density at radius 2 is 1.86 bits per heavy atom. The predicted molar refractivity (Wildman–Crippen MR) is 84.1 cm³/mol. The van der Waals surface area contributed by atoms with Crippen molar-refractivity contribution in [2.45, 2.75) is 77.4 Å². The first-order valence-corrected chi connectivity index (χ1v) is 9.21. The van der Waals surface area contributed by atoms with Crippen LogP contribution in [-0.4, -0.2) is 28.2 Å². The fourth-order valence-corrected chi connectivity index (χ4v) is 7.04. The van der Waals surface area contributed by atoms with Crippen molar-refractivity contribution in [1.82, 2.24) is 0 Å². The molecule has 8 atom stereocenters. The number of aliphatic hydroxyl groups is 2. The Labute approximate surface area is 133 Å². The van der Waals surface area contributed by atoms with E-state index in [0.29, 0.717) is 35.9 Å². The van der Waals surface area contributed by atoms with Crippen molar-refractivity contribution in [1.29, 1.82) is 0 Å². The quantitative estimate of drug-likeness (QED) is 0.723. The van der Waals surface area contributed by atoms with E-state index < -0.39 is 0 Å². The van der Waals surface area contributed by atoms with Crippen molar-refractivity contribution < 1.29 is 15.0 Å². The molecular formula is C19H30O3. The van der Waals surface area contributed by atoms with E-state index >= 15 is 0 Å². The highest BCUT2D eigenvalue weighted by molar-refractivity contribution is 5.79. The summed E-state index contributed by atoms with van der Waals surface area (Å²) in [5, 5.41) is 21.1. The lowest BCUT2D eigenvalue weighted by atomic mass is 9.44. The van der Waals surface area contributed by atoms with Gasteiger partial charge in [0, 0.05) is 12.8 Å². The lowest BCUT2D eigenvalue weighted by Gasteiger charge is -2.61. The number of hydrogen-bond donors (Lipinski definition) is 2. The van der Waals surface area contributed by atoms with Gasteiger partial charge in [-0.2, -0.15) is 0 Å². The van der Waals surface area contributed by atoms with E-state index in [1.165, 1.54) is 12.8 Å². The minimum Gasteiger partial charge on any atom is -0.393 e. The first kappa shape index (κ1) is 15.1. The highest BCUT2D eigenvalue weighted by atomic mass is 16.3. The van der Waals surface area contributed by atoms with Crippen molar-refractivity contribution in [3.63, 3.8) is 0 Å². The van der Waals surface area contributed by atoms with E-state index in [0.717, 1.165) is 32.1 Å². The summed E-state index contributed by atoms with van der Waals surface area (Å²) in [4.78, 5) is 11.9. The molecule has 3 heteroatoms. The highest BCUT2D eigenvalue weighted by Crippen LogP contribution is 2.65. The Balaban J connectivity index is 1.68. The number of fused-ring (bicyclic) bond motifs is 5. The maximum Gasteiger partial charge on any atom is 0.133 e. The zero-order valence-corrected chi connectivity index (χ0v) is 13.9. The maximum absolute atomic E-state index is 11.9. The maximum atomic E-state index is 11.9. The topological polar surface area (TPSA) is 57.5 Å². The fourth-order valence-electron chi connectivity index (χ4n) is 7.04. The average molecular weight is 306 g/mol. The molecule has 0 bridgehead atoms. The third-order valence-electron chi connectivity index (χ3n) is 8.25. The molecule has 0 spiro atoms. The SMILES string of the molecule is C[C@]12CC[C@H]3[C@@H]([C@H](O)C[C@H]4CC(=O)CC[C@@]43C)[C@@H]1C[C@H](O)C2. The molecule has 2 N–H and O–H groups in total. The first-order valence-electron chi connectivity index (χ1n) is 9.21. The van der Waals surface area contributed by atoms with Gasteiger partial charge < -0.3 is 10.2 Å². The Bertz CT molecular complexity index is 489. The molecule has 0 heterocycles. The van der Waals surface area contributed by atoms with E-state index in [1.807, 2.05) is 0 Å². The van der Waals surface area contributed by atoms with Crippen LogP contribution in [0.5, 0.6) is 0 Å². The predicted octanol–water partition coefficient (Wildman–Crippen LogP) is 2.93. The van der Waals surface area contributed by atoms with Gasteiger partial charge in [0.25, 0.3) is 0 Å². The van der Waals surface area contributed by atoms with Crippen LogP contribution in [0.25, 0.3) is 0 Å². The Hall–Kier alpha value is -0.410. The van der Waals surface area contributed by atoms with Gasteiger partial charge in [0.15, 0.2) is 0 Å². The Morgan fingerprint density at radius 3 is 2.64 bits per heavy atom. The van der Waals surface area contributed by atoms with Crippen LogP contribution in [0, 0.1) is 34.5 Å². The minimum atomic E-state index is -0.274. The third kappa shape index (κ3) is 1.97. The van der Waals surface area contributed by atoms with Crippen LogP contribution in [0.4, 0.5) is 0 Å². The van der Waals surface area contributed by atoms with Crippen molar-refractivity contribution in [2.75, 3.05) is 0 Å². The Morgan fingerprint density at radius 1 is 1.09 bits per heavy atom. The van der Waals surface area contributed by atoms with Crippen molar-refractivity contribution in [3.8, 4) is 0 Å². The van der Waals surface area contributed by atoms with Crippen molar-refractivity contribution >= 4 is 5.78 Å². The van der Waals surface area contributed by atoms with Gasteiger partial charge in [-0.05, 0) is 73.0 Å². The lowest BCUT2D eigenvalue weighted by molar-refractivity contribution is -0.163. The number of aliphatic hydroxyl groups excluding tert-OH is 2. The molecule has 0 saturated heterocycles. The zero-order valence-electron chi connectivity index (χ0n) is 13.9. The smallest absolute Gasteiger partial charge is 0.133 e. The van der Waals surface area contributed by atoms with Crippen LogP contribution in [-0.2, 0) is 4.79 Å². The molecule has 0 aliphatic heterocycles. The average Bonchev–Trinajstić information content (AvgIpc) is 2.75. The third-order valence-corrected chi connectivity index (χ3v) is 8.25. The van der Waals surface area contributed by atoms with Crippen molar-refractivity contribution in [2.24, 2.45) is 34.5 Å².